The molecule has 138 valence electrons. The number of hydrogen-bond donors (Lipinski definition) is 3. The molecule has 0 atom stereocenters. The van der Waals surface area contributed by atoms with E-state index in [-0.39, 0.29) is 5.56 Å². The predicted octanol–water partition coefficient (Wildman–Crippen LogP) is 2.60. The van der Waals surface area contributed by atoms with Crippen LogP contribution in [0.3, 0.4) is 0 Å². The van der Waals surface area contributed by atoms with Crippen molar-refractivity contribution in [3.05, 3.63) is 65.5 Å². The first-order valence-electron chi connectivity index (χ1n) is 8.41. The van der Waals surface area contributed by atoms with Crippen LogP contribution >= 0.6 is 0 Å². The molecular formula is C19H23FN4O2. The number of hydrazine groups is 1. The Labute approximate surface area is 152 Å². The lowest BCUT2D eigenvalue weighted by Crippen LogP contribution is -2.48. The summed E-state index contributed by atoms with van der Waals surface area (Å²) in [4.78, 5) is 25.7. The van der Waals surface area contributed by atoms with E-state index in [0.29, 0.717) is 13.1 Å². The highest BCUT2D eigenvalue weighted by Crippen LogP contribution is 2.14. The van der Waals surface area contributed by atoms with Crippen LogP contribution in [0.25, 0.3) is 0 Å². The van der Waals surface area contributed by atoms with E-state index >= 15 is 0 Å². The first kappa shape index (κ1) is 19.2. The maximum atomic E-state index is 12.8. The molecule has 0 aromatic heterocycles. The summed E-state index contributed by atoms with van der Waals surface area (Å²) in [5.41, 5.74) is 7.07. The van der Waals surface area contributed by atoms with Gasteiger partial charge < -0.3 is 10.2 Å². The van der Waals surface area contributed by atoms with Crippen LogP contribution in [0.5, 0.6) is 0 Å². The van der Waals surface area contributed by atoms with Crippen molar-refractivity contribution >= 4 is 17.6 Å². The molecule has 0 saturated carbocycles. The van der Waals surface area contributed by atoms with Gasteiger partial charge in [-0.05, 0) is 55.8 Å². The highest BCUT2D eigenvalue weighted by molar-refractivity contribution is 5.95. The molecule has 3 N–H and O–H groups in total. The summed E-state index contributed by atoms with van der Waals surface area (Å²) in [5, 5.41) is 2.68. The van der Waals surface area contributed by atoms with Crippen LogP contribution < -0.4 is 21.1 Å². The number of aryl methyl sites for hydroxylation is 1. The van der Waals surface area contributed by atoms with Gasteiger partial charge in [-0.15, -0.1) is 0 Å². The molecule has 0 bridgehead atoms. The molecule has 0 aliphatic rings. The fraction of sp³-hybridized carbons (Fsp3) is 0.263. The third kappa shape index (κ3) is 5.77. The second kappa shape index (κ2) is 9.41. The number of urea groups is 1. The molecule has 0 saturated heterocycles. The molecule has 26 heavy (non-hydrogen) atoms. The average Bonchev–Trinajstić information content (AvgIpc) is 2.64. The number of benzene rings is 2. The fourth-order valence-electron chi connectivity index (χ4n) is 2.43. The second-order valence-corrected chi connectivity index (χ2v) is 5.76. The van der Waals surface area contributed by atoms with Gasteiger partial charge in [0.25, 0.3) is 5.91 Å². The molecule has 0 spiro atoms. The van der Waals surface area contributed by atoms with Gasteiger partial charge in [0, 0.05) is 30.9 Å². The minimum absolute atomic E-state index is 0.253. The van der Waals surface area contributed by atoms with Gasteiger partial charge in [-0.1, -0.05) is 12.1 Å². The van der Waals surface area contributed by atoms with Gasteiger partial charge in [0.1, 0.15) is 5.82 Å². The normalized spacial score (nSPS) is 10.1. The molecule has 6 nitrogen and oxygen atoms in total. The zero-order chi connectivity index (χ0) is 18.9. The molecule has 0 fully saturated rings. The number of likely N-dealkylation sites (N-methyl/N-ethyl adjacent to an activating group) is 1. The quantitative estimate of drug-likeness (QED) is 0.695. The number of hydrogen-bond acceptors (Lipinski definition) is 3. The smallest absolute Gasteiger partial charge is 0.333 e. The number of rotatable bonds is 6. The van der Waals surface area contributed by atoms with Crippen molar-refractivity contribution in [2.45, 2.75) is 13.8 Å². The summed E-state index contributed by atoms with van der Waals surface area (Å²) in [6, 6.07) is 12.7. The Morgan fingerprint density at radius 2 is 1.81 bits per heavy atom. The molecule has 2 aromatic carbocycles. The minimum Gasteiger partial charge on any atom is -0.370 e. The summed E-state index contributed by atoms with van der Waals surface area (Å²) in [6.07, 6.45) is 0. The van der Waals surface area contributed by atoms with Crippen LogP contribution in [0.1, 0.15) is 22.8 Å². The van der Waals surface area contributed by atoms with Gasteiger partial charge in [-0.25, -0.2) is 14.6 Å². The molecule has 2 aromatic rings. The molecule has 0 radical (unpaired) electrons. The second-order valence-electron chi connectivity index (χ2n) is 5.76. The highest BCUT2D eigenvalue weighted by atomic mass is 19.1. The first-order valence-corrected chi connectivity index (χ1v) is 8.41. The number of amides is 3. The van der Waals surface area contributed by atoms with E-state index in [9.17, 15) is 14.0 Å². The Morgan fingerprint density at radius 3 is 2.46 bits per heavy atom. The van der Waals surface area contributed by atoms with E-state index in [1.165, 1.54) is 29.8 Å². The molecule has 7 heteroatoms. The monoisotopic (exact) mass is 358 g/mol. The molecule has 0 aliphatic carbocycles. The molecule has 2 rings (SSSR count). The van der Waals surface area contributed by atoms with Crippen molar-refractivity contribution in [1.29, 1.82) is 0 Å². The third-order valence-corrected chi connectivity index (χ3v) is 3.81. The minimum atomic E-state index is -0.518. The van der Waals surface area contributed by atoms with Crippen molar-refractivity contribution in [3.8, 4) is 0 Å². The van der Waals surface area contributed by atoms with Crippen LogP contribution in [0.2, 0.25) is 0 Å². The van der Waals surface area contributed by atoms with Gasteiger partial charge in [-0.3, -0.25) is 10.2 Å². The maximum absolute atomic E-state index is 12.8. The largest absolute Gasteiger partial charge is 0.370 e. The van der Waals surface area contributed by atoms with Crippen LogP contribution in [0.4, 0.5) is 14.9 Å². The lowest BCUT2D eigenvalue weighted by Gasteiger charge is -2.23. The van der Waals surface area contributed by atoms with Crippen LogP contribution in [0, 0.1) is 12.7 Å². The van der Waals surface area contributed by atoms with Gasteiger partial charge in [0.05, 0.1) is 0 Å². The van der Waals surface area contributed by atoms with Crippen LogP contribution in [-0.4, -0.2) is 31.6 Å². The number of nitrogens with zero attached hydrogens (tertiary/aromatic N) is 1. The topological polar surface area (TPSA) is 73.5 Å². The average molecular weight is 358 g/mol. The Bertz CT molecular complexity index is 749. The standard InChI is InChI=1S/C19H23FN4O2/c1-3-24(17-6-4-5-14(2)13-17)12-11-21-19(26)23-22-18(25)15-7-9-16(20)10-8-15/h4-10,13H,3,11-12H2,1-2H3,(H,22,25)(H2,21,23,26). The molecule has 0 aliphatic heterocycles. The van der Waals surface area contributed by atoms with Crippen molar-refractivity contribution in [2.75, 3.05) is 24.5 Å². The Hall–Kier alpha value is -3.09. The fourth-order valence-corrected chi connectivity index (χ4v) is 2.43. The van der Waals surface area contributed by atoms with Crippen molar-refractivity contribution < 1.29 is 14.0 Å². The van der Waals surface area contributed by atoms with E-state index < -0.39 is 17.8 Å². The third-order valence-electron chi connectivity index (χ3n) is 3.81. The summed E-state index contributed by atoms with van der Waals surface area (Å²) in [7, 11) is 0. The highest BCUT2D eigenvalue weighted by Gasteiger charge is 2.08. The predicted molar refractivity (Wildman–Crippen MR) is 99.5 cm³/mol. The van der Waals surface area contributed by atoms with Crippen molar-refractivity contribution in [1.82, 2.24) is 16.2 Å². The molecular weight excluding hydrogens is 335 g/mol. The number of halogens is 1. The van der Waals surface area contributed by atoms with Crippen molar-refractivity contribution in [2.24, 2.45) is 0 Å². The number of anilines is 1. The van der Waals surface area contributed by atoms with E-state index in [4.69, 9.17) is 0 Å². The number of nitrogens with one attached hydrogen (secondary N) is 3. The summed E-state index contributed by atoms with van der Waals surface area (Å²) < 4.78 is 12.8. The summed E-state index contributed by atoms with van der Waals surface area (Å²) in [6.45, 7) is 5.95. The molecule has 0 heterocycles. The molecule has 0 unspecified atom stereocenters. The van der Waals surface area contributed by atoms with E-state index in [1.54, 1.807) is 0 Å². The van der Waals surface area contributed by atoms with E-state index in [2.05, 4.69) is 27.1 Å². The maximum Gasteiger partial charge on any atom is 0.333 e. The van der Waals surface area contributed by atoms with Gasteiger partial charge in [0.15, 0.2) is 0 Å². The van der Waals surface area contributed by atoms with Crippen LogP contribution in [0.15, 0.2) is 48.5 Å². The zero-order valence-electron chi connectivity index (χ0n) is 14.9. The van der Waals surface area contributed by atoms with Gasteiger partial charge in [-0.2, -0.15) is 0 Å². The van der Waals surface area contributed by atoms with E-state index in [1.807, 2.05) is 32.0 Å². The lowest BCUT2D eigenvalue weighted by atomic mass is 10.2. The summed E-state index contributed by atoms with van der Waals surface area (Å²) >= 11 is 0. The lowest BCUT2D eigenvalue weighted by molar-refractivity contribution is 0.0936. The zero-order valence-corrected chi connectivity index (χ0v) is 14.9. The Balaban J connectivity index is 1.74. The Kier molecular flexibility index (Phi) is 6.96. The first-order chi connectivity index (χ1) is 12.5. The van der Waals surface area contributed by atoms with Crippen molar-refractivity contribution in [3.63, 3.8) is 0 Å². The molecule has 3 amide bonds. The van der Waals surface area contributed by atoms with Gasteiger partial charge in [0.2, 0.25) is 0 Å². The van der Waals surface area contributed by atoms with Crippen LogP contribution in [-0.2, 0) is 0 Å². The number of carbonyl (C=O) groups excluding carboxylic acids is 2. The number of carbonyl (C=O) groups is 2. The Morgan fingerprint density at radius 1 is 1.08 bits per heavy atom. The summed E-state index contributed by atoms with van der Waals surface area (Å²) in [5.74, 6) is -0.948. The van der Waals surface area contributed by atoms with Gasteiger partial charge >= 0.3 is 6.03 Å². The SMILES string of the molecule is CCN(CCNC(=O)NNC(=O)c1ccc(F)cc1)c1cccc(C)c1. The van der Waals surface area contributed by atoms with E-state index in [0.717, 1.165) is 12.2 Å².